The van der Waals surface area contributed by atoms with E-state index in [1.54, 1.807) is 0 Å². The maximum absolute atomic E-state index is 11.9. The monoisotopic (exact) mass is 225 g/mol. The van der Waals surface area contributed by atoms with Crippen molar-refractivity contribution < 1.29 is 9.53 Å². The Kier molecular flexibility index (Phi) is 3.24. The Bertz CT molecular complexity index is 270. The summed E-state index contributed by atoms with van der Waals surface area (Å²) >= 11 is 0. The van der Waals surface area contributed by atoms with Gasteiger partial charge in [0.1, 0.15) is 0 Å². The molecule has 2 saturated heterocycles. The van der Waals surface area contributed by atoms with Gasteiger partial charge in [0.15, 0.2) is 0 Å². The van der Waals surface area contributed by atoms with Gasteiger partial charge < -0.3 is 10.1 Å². The van der Waals surface area contributed by atoms with Crippen molar-refractivity contribution in [2.24, 2.45) is 11.3 Å². The Labute approximate surface area is 97.9 Å². The molecule has 0 spiro atoms. The SMILES string of the molecule is CC(C)(C)CCOC(=O)C1CC2CCC1N2. The van der Waals surface area contributed by atoms with Crippen molar-refractivity contribution in [3.63, 3.8) is 0 Å². The molecule has 2 heterocycles. The molecule has 0 amide bonds. The standard InChI is InChI=1S/C13H23NO2/c1-13(2,3)6-7-16-12(15)10-8-9-4-5-11(10)14-9/h9-11,14H,4-8H2,1-3H3. The smallest absolute Gasteiger partial charge is 0.310 e. The van der Waals surface area contributed by atoms with E-state index in [1.165, 1.54) is 6.42 Å². The minimum atomic E-state index is 0.0175. The second-order valence-corrected chi connectivity index (χ2v) is 6.37. The summed E-state index contributed by atoms with van der Waals surface area (Å²) in [6.45, 7) is 7.07. The van der Waals surface area contributed by atoms with E-state index in [1.807, 2.05) is 0 Å². The molecular weight excluding hydrogens is 202 g/mol. The van der Waals surface area contributed by atoms with Gasteiger partial charge in [0.25, 0.3) is 0 Å². The largest absolute Gasteiger partial charge is 0.465 e. The van der Waals surface area contributed by atoms with E-state index in [4.69, 9.17) is 4.74 Å². The lowest BCUT2D eigenvalue weighted by Crippen LogP contribution is -2.30. The Morgan fingerprint density at radius 3 is 2.62 bits per heavy atom. The van der Waals surface area contributed by atoms with Crippen LogP contribution in [0.25, 0.3) is 0 Å². The highest BCUT2D eigenvalue weighted by molar-refractivity contribution is 5.74. The number of nitrogens with one attached hydrogen (secondary N) is 1. The zero-order chi connectivity index (χ0) is 11.8. The van der Waals surface area contributed by atoms with Crippen LogP contribution in [0.15, 0.2) is 0 Å². The lowest BCUT2D eigenvalue weighted by Gasteiger charge is -2.21. The summed E-state index contributed by atoms with van der Waals surface area (Å²) in [6, 6.07) is 0.970. The minimum absolute atomic E-state index is 0.0175. The fourth-order valence-corrected chi connectivity index (χ4v) is 2.65. The summed E-state index contributed by atoms with van der Waals surface area (Å²) in [6.07, 6.45) is 4.30. The second kappa shape index (κ2) is 4.36. The van der Waals surface area contributed by atoms with Crippen molar-refractivity contribution in [2.75, 3.05) is 6.61 Å². The third-order valence-electron chi connectivity index (χ3n) is 3.70. The van der Waals surface area contributed by atoms with Gasteiger partial charge in [-0.1, -0.05) is 20.8 Å². The zero-order valence-electron chi connectivity index (χ0n) is 10.6. The first-order chi connectivity index (χ1) is 7.46. The van der Waals surface area contributed by atoms with Crippen LogP contribution in [0.2, 0.25) is 0 Å². The van der Waals surface area contributed by atoms with Crippen molar-refractivity contribution in [1.82, 2.24) is 5.32 Å². The molecule has 0 aliphatic carbocycles. The highest BCUT2D eigenvalue weighted by atomic mass is 16.5. The number of ether oxygens (including phenoxy) is 1. The normalized spacial score (nSPS) is 33.1. The van der Waals surface area contributed by atoms with E-state index in [2.05, 4.69) is 26.1 Å². The van der Waals surface area contributed by atoms with E-state index < -0.39 is 0 Å². The summed E-state index contributed by atoms with van der Waals surface area (Å²) in [4.78, 5) is 11.9. The predicted molar refractivity (Wildman–Crippen MR) is 63.1 cm³/mol. The van der Waals surface area contributed by atoms with Gasteiger partial charge in [-0.05, 0) is 31.1 Å². The molecule has 3 atom stereocenters. The quantitative estimate of drug-likeness (QED) is 0.748. The molecule has 1 N–H and O–H groups in total. The van der Waals surface area contributed by atoms with Crippen LogP contribution < -0.4 is 5.32 Å². The molecule has 92 valence electrons. The summed E-state index contributed by atoms with van der Waals surface area (Å²) in [5, 5.41) is 3.46. The van der Waals surface area contributed by atoms with Crippen molar-refractivity contribution in [1.29, 1.82) is 0 Å². The molecule has 2 aliphatic rings. The summed E-state index contributed by atoms with van der Waals surface area (Å²) < 4.78 is 5.38. The Hall–Kier alpha value is -0.570. The van der Waals surface area contributed by atoms with E-state index >= 15 is 0 Å². The van der Waals surface area contributed by atoms with Gasteiger partial charge in [-0.15, -0.1) is 0 Å². The van der Waals surface area contributed by atoms with Gasteiger partial charge >= 0.3 is 5.97 Å². The lowest BCUT2D eigenvalue weighted by molar-refractivity contribution is -0.149. The van der Waals surface area contributed by atoms with Crippen LogP contribution in [0.5, 0.6) is 0 Å². The number of fused-ring (bicyclic) bond motifs is 2. The third kappa shape index (κ3) is 2.76. The summed E-state index contributed by atoms with van der Waals surface area (Å²) in [5.74, 6) is 0.141. The van der Waals surface area contributed by atoms with Crippen LogP contribution in [0.4, 0.5) is 0 Å². The van der Waals surface area contributed by atoms with Crippen molar-refractivity contribution in [2.45, 2.75) is 58.5 Å². The van der Waals surface area contributed by atoms with E-state index in [0.717, 1.165) is 19.3 Å². The molecule has 0 radical (unpaired) electrons. The number of hydrogen-bond donors (Lipinski definition) is 1. The molecular formula is C13H23NO2. The molecule has 2 rings (SSSR count). The minimum Gasteiger partial charge on any atom is -0.465 e. The average Bonchev–Trinajstić information content (AvgIpc) is 2.76. The van der Waals surface area contributed by atoms with Crippen LogP contribution in [-0.2, 0) is 9.53 Å². The van der Waals surface area contributed by atoms with Crippen molar-refractivity contribution in [3.8, 4) is 0 Å². The molecule has 16 heavy (non-hydrogen) atoms. The van der Waals surface area contributed by atoms with Crippen molar-refractivity contribution >= 4 is 5.97 Å². The fraction of sp³-hybridized carbons (Fsp3) is 0.923. The first-order valence-electron chi connectivity index (χ1n) is 6.38. The molecule has 3 nitrogen and oxygen atoms in total. The van der Waals surface area contributed by atoms with Gasteiger partial charge in [0, 0.05) is 12.1 Å². The van der Waals surface area contributed by atoms with E-state index in [0.29, 0.717) is 18.7 Å². The predicted octanol–water partition coefficient (Wildman–Crippen LogP) is 2.11. The molecule has 2 aliphatic heterocycles. The molecule has 0 aromatic carbocycles. The van der Waals surface area contributed by atoms with E-state index in [-0.39, 0.29) is 17.3 Å². The molecule has 0 aromatic rings. The number of esters is 1. The Morgan fingerprint density at radius 2 is 2.12 bits per heavy atom. The number of hydrogen-bond acceptors (Lipinski definition) is 3. The average molecular weight is 225 g/mol. The molecule has 2 bridgehead atoms. The van der Waals surface area contributed by atoms with Gasteiger partial charge in [-0.25, -0.2) is 0 Å². The topological polar surface area (TPSA) is 38.3 Å². The maximum atomic E-state index is 11.9. The molecule has 3 heteroatoms. The zero-order valence-corrected chi connectivity index (χ0v) is 10.6. The number of carbonyl (C=O) groups is 1. The molecule has 0 aromatic heterocycles. The van der Waals surface area contributed by atoms with Gasteiger partial charge in [-0.3, -0.25) is 4.79 Å². The third-order valence-corrected chi connectivity index (χ3v) is 3.70. The second-order valence-electron chi connectivity index (χ2n) is 6.37. The van der Waals surface area contributed by atoms with E-state index in [9.17, 15) is 4.79 Å². The first-order valence-corrected chi connectivity index (χ1v) is 6.38. The van der Waals surface area contributed by atoms with Crippen molar-refractivity contribution in [3.05, 3.63) is 0 Å². The molecule has 3 unspecified atom stereocenters. The van der Waals surface area contributed by atoms with Crippen LogP contribution >= 0.6 is 0 Å². The fourth-order valence-electron chi connectivity index (χ4n) is 2.65. The number of rotatable bonds is 3. The molecule has 0 saturated carbocycles. The Morgan fingerprint density at radius 1 is 1.38 bits per heavy atom. The highest BCUT2D eigenvalue weighted by Gasteiger charge is 2.43. The van der Waals surface area contributed by atoms with Crippen LogP contribution in [0, 0.1) is 11.3 Å². The number of carbonyl (C=O) groups excluding carboxylic acids is 1. The van der Waals surface area contributed by atoms with Gasteiger partial charge in [-0.2, -0.15) is 0 Å². The van der Waals surface area contributed by atoms with Gasteiger partial charge in [0.2, 0.25) is 0 Å². The lowest BCUT2D eigenvalue weighted by atomic mass is 9.89. The summed E-state index contributed by atoms with van der Waals surface area (Å²) in [7, 11) is 0. The van der Waals surface area contributed by atoms with Gasteiger partial charge in [0.05, 0.1) is 12.5 Å². The first kappa shape index (κ1) is 11.9. The maximum Gasteiger partial charge on any atom is 0.310 e. The highest BCUT2D eigenvalue weighted by Crippen LogP contribution is 2.34. The van der Waals surface area contributed by atoms with Crippen LogP contribution in [-0.4, -0.2) is 24.7 Å². The Balaban J connectivity index is 1.73. The summed E-state index contributed by atoms with van der Waals surface area (Å²) in [5.41, 5.74) is 0.243. The molecule has 2 fully saturated rings. The van der Waals surface area contributed by atoms with Crippen LogP contribution in [0.1, 0.15) is 46.5 Å². The van der Waals surface area contributed by atoms with Crippen LogP contribution in [0.3, 0.4) is 0 Å².